The lowest BCUT2D eigenvalue weighted by Crippen LogP contribution is -2.13. The van der Waals surface area contributed by atoms with E-state index in [1.807, 2.05) is 0 Å². The molecule has 0 bridgehead atoms. The van der Waals surface area contributed by atoms with E-state index in [9.17, 15) is 0 Å². The van der Waals surface area contributed by atoms with Gasteiger partial charge in [0.25, 0.3) is 0 Å². The van der Waals surface area contributed by atoms with Gasteiger partial charge in [-0.1, -0.05) is 169 Å². The van der Waals surface area contributed by atoms with E-state index in [-0.39, 0.29) is 10.8 Å². The van der Waals surface area contributed by atoms with Gasteiger partial charge in [0.2, 0.25) is 0 Å². The molecule has 4 heteroatoms. The molecule has 0 unspecified atom stereocenters. The Kier molecular flexibility index (Phi) is 8.77. The summed E-state index contributed by atoms with van der Waals surface area (Å²) in [7, 11) is 0. The zero-order chi connectivity index (χ0) is 45.2. The smallest absolute Gasteiger partial charge is 0.159 e. The summed E-state index contributed by atoms with van der Waals surface area (Å²) in [6, 6.07) is 62.0. The van der Waals surface area contributed by atoms with Gasteiger partial charge >= 0.3 is 0 Å². The maximum Gasteiger partial charge on any atom is 0.159 e. The molecule has 2 aromatic heterocycles. The van der Waals surface area contributed by atoms with Crippen molar-refractivity contribution in [2.75, 3.05) is 9.80 Å². The molecule has 2 heterocycles. The van der Waals surface area contributed by atoms with Crippen molar-refractivity contribution in [2.45, 2.75) is 66.2 Å². The molecule has 0 spiro atoms. The van der Waals surface area contributed by atoms with Crippen LogP contribution in [-0.2, 0) is 10.8 Å². The van der Waals surface area contributed by atoms with Gasteiger partial charge in [-0.2, -0.15) is 0 Å². The molecule has 0 atom stereocenters. The number of fused-ring (bicyclic) bond motifs is 6. The second-order valence-electron chi connectivity index (χ2n) is 20.2. The number of anilines is 6. The molecule has 10 aromatic carbocycles. The molecule has 0 N–H and O–H groups in total. The Morgan fingerprint density at radius 3 is 1.44 bits per heavy atom. The molecule has 12 aromatic rings. The van der Waals surface area contributed by atoms with Crippen LogP contribution in [0, 0.1) is 13.8 Å². The van der Waals surface area contributed by atoms with Gasteiger partial charge in [-0.25, -0.2) is 0 Å². The Labute approximate surface area is 385 Å². The first-order valence-corrected chi connectivity index (χ1v) is 23.2. The van der Waals surface area contributed by atoms with E-state index in [1.54, 1.807) is 0 Å². The van der Waals surface area contributed by atoms with Gasteiger partial charge in [-0.15, -0.1) is 0 Å². The third-order valence-electron chi connectivity index (χ3n) is 13.9. The van der Waals surface area contributed by atoms with Crippen LogP contribution in [0.2, 0.25) is 0 Å². The zero-order valence-electron chi connectivity index (χ0n) is 38.9. The van der Waals surface area contributed by atoms with Crippen molar-refractivity contribution in [1.29, 1.82) is 0 Å². The Hall–Kier alpha value is -7.56. The molecule has 0 fully saturated rings. The monoisotopic (exact) mass is 856 g/mol. The molecule has 0 amide bonds. The van der Waals surface area contributed by atoms with E-state index in [2.05, 4.69) is 235 Å². The fraction of sp³-hybridized carbons (Fsp3) is 0.161. The minimum atomic E-state index is -0.0865. The quantitative estimate of drug-likeness (QED) is 0.156. The standard InChI is InChI=1S/C62H52N2O2/c1-37-18-12-13-27-49(37)64(53-29-17-24-45-43-22-15-26-48(62(6,7)8)58(43)66-60(45)53)50-34-32-40-36-38(2)54-51(35-31-39-30-33-46(50)55(40)56(39)54)63(41-19-10-9-11-20-41)52-28-16-23-44-42-21-14-25-47(61(3,4)5)57(42)65-59(44)52/h9-36H,1-8H3. The maximum atomic E-state index is 7.09. The van der Waals surface area contributed by atoms with Gasteiger partial charge in [-0.05, 0) is 99.8 Å². The summed E-state index contributed by atoms with van der Waals surface area (Å²) in [5.74, 6) is 0. The highest BCUT2D eigenvalue weighted by Gasteiger charge is 2.29. The summed E-state index contributed by atoms with van der Waals surface area (Å²) in [5, 5.41) is 11.8. The van der Waals surface area contributed by atoms with Gasteiger partial charge in [0.15, 0.2) is 11.2 Å². The number of para-hydroxylation sites is 6. The first kappa shape index (κ1) is 40.0. The number of rotatable bonds is 6. The first-order valence-electron chi connectivity index (χ1n) is 23.2. The number of furan rings is 2. The minimum Gasteiger partial charge on any atom is -0.454 e. The Morgan fingerprint density at radius 1 is 0.333 bits per heavy atom. The van der Waals surface area contributed by atoms with E-state index >= 15 is 0 Å². The number of benzene rings is 10. The predicted molar refractivity (Wildman–Crippen MR) is 281 cm³/mol. The molecular formula is C62H52N2O2. The van der Waals surface area contributed by atoms with Gasteiger partial charge in [0, 0.05) is 54.8 Å². The predicted octanol–water partition coefficient (Wildman–Crippen LogP) is 18.5. The van der Waals surface area contributed by atoms with Crippen molar-refractivity contribution in [3.8, 4) is 0 Å². The highest BCUT2D eigenvalue weighted by Crippen LogP contribution is 2.52. The average molecular weight is 857 g/mol. The molecule has 4 nitrogen and oxygen atoms in total. The number of nitrogens with zero attached hydrogens (tertiary/aromatic N) is 2. The van der Waals surface area contributed by atoms with Gasteiger partial charge in [-0.3, -0.25) is 0 Å². The van der Waals surface area contributed by atoms with Crippen molar-refractivity contribution < 1.29 is 8.83 Å². The van der Waals surface area contributed by atoms with Crippen LogP contribution in [0.25, 0.3) is 76.2 Å². The topological polar surface area (TPSA) is 32.8 Å². The van der Waals surface area contributed by atoms with Crippen LogP contribution in [0.4, 0.5) is 34.1 Å². The van der Waals surface area contributed by atoms with Crippen molar-refractivity contribution >= 4 is 110 Å². The lowest BCUT2D eigenvalue weighted by Gasteiger charge is -2.30. The van der Waals surface area contributed by atoms with Crippen LogP contribution in [0.3, 0.4) is 0 Å². The number of hydrogen-bond acceptors (Lipinski definition) is 4. The van der Waals surface area contributed by atoms with E-state index in [0.717, 1.165) is 78.0 Å². The molecule has 0 saturated carbocycles. The summed E-state index contributed by atoms with van der Waals surface area (Å²) in [6.07, 6.45) is 0. The largest absolute Gasteiger partial charge is 0.454 e. The second-order valence-corrected chi connectivity index (χ2v) is 20.2. The molecule has 0 aliphatic rings. The van der Waals surface area contributed by atoms with Crippen molar-refractivity contribution in [3.05, 3.63) is 192 Å². The van der Waals surface area contributed by atoms with E-state index in [0.29, 0.717) is 0 Å². The second kappa shape index (κ2) is 14.5. The fourth-order valence-corrected chi connectivity index (χ4v) is 10.8. The summed E-state index contributed by atoms with van der Waals surface area (Å²) >= 11 is 0. The van der Waals surface area contributed by atoms with E-state index < -0.39 is 0 Å². The van der Waals surface area contributed by atoms with E-state index in [1.165, 1.54) is 54.6 Å². The normalized spacial score (nSPS) is 12.5. The molecule has 66 heavy (non-hydrogen) atoms. The number of hydrogen-bond donors (Lipinski definition) is 0. The summed E-state index contributed by atoms with van der Waals surface area (Å²) < 4.78 is 14.2. The molecule has 0 saturated heterocycles. The van der Waals surface area contributed by atoms with Crippen LogP contribution in [0.5, 0.6) is 0 Å². The minimum absolute atomic E-state index is 0.0855. The summed E-state index contributed by atoms with van der Waals surface area (Å²) in [5.41, 5.74) is 14.7. The van der Waals surface area contributed by atoms with Crippen LogP contribution < -0.4 is 9.80 Å². The van der Waals surface area contributed by atoms with E-state index in [4.69, 9.17) is 8.83 Å². The van der Waals surface area contributed by atoms with Crippen LogP contribution >= 0.6 is 0 Å². The molecule has 322 valence electrons. The van der Waals surface area contributed by atoms with Crippen LogP contribution in [0.1, 0.15) is 63.8 Å². The first-order chi connectivity index (χ1) is 31.9. The molecular weight excluding hydrogens is 805 g/mol. The lowest BCUT2D eigenvalue weighted by atomic mass is 9.86. The van der Waals surface area contributed by atoms with Crippen LogP contribution in [-0.4, -0.2) is 0 Å². The van der Waals surface area contributed by atoms with Crippen LogP contribution in [0.15, 0.2) is 179 Å². The third-order valence-corrected chi connectivity index (χ3v) is 13.9. The van der Waals surface area contributed by atoms with Gasteiger partial charge < -0.3 is 18.6 Å². The summed E-state index contributed by atoms with van der Waals surface area (Å²) in [6.45, 7) is 18.0. The Morgan fingerprint density at radius 2 is 0.833 bits per heavy atom. The third kappa shape index (κ3) is 5.97. The SMILES string of the molecule is Cc1ccccc1N(c1ccc2cc(C)c3c(N(c4ccccc4)c4cccc5c4oc4c(C(C)(C)C)cccc45)ccc4ccc1c2c43)c1cccc2c1oc1c(C(C)(C)C)cccc12. The number of aryl methyl sites for hydroxylation is 2. The molecule has 0 aliphatic carbocycles. The average Bonchev–Trinajstić information content (AvgIpc) is 3.89. The van der Waals surface area contributed by atoms with Gasteiger partial charge in [0.1, 0.15) is 11.2 Å². The zero-order valence-corrected chi connectivity index (χ0v) is 38.9. The van der Waals surface area contributed by atoms with Gasteiger partial charge in [0.05, 0.1) is 22.7 Å². The lowest BCUT2D eigenvalue weighted by molar-refractivity contribution is 0.572. The highest BCUT2D eigenvalue weighted by atomic mass is 16.3. The summed E-state index contributed by atoms with van der Waals surface area (Å²) in [4.78, 5) is 4.84. The Balaban J connectivity index is 1.14. The van der Waals surface area contributed by atoms with Crippen molar-refractivity contribution in [3.63, 3.8) is 0 Å². The molecule has 0 radical (unpaired) electrons. The van der Waals surface area contributed by atoms with Crippen molar-refractivity contribution in [2.24, 2.45) is 0 Å². The molecule has 0 aliphatic heterocycles. The maximum absolute atomic E-state index is 7.09. The fourth-order valence-electron chi connectivity index (χ4n) is 10.8. The highest BCUT2D eigenvalue weighted by molar-refractivity contribution is 6.29. The van der Waals surface area contributed by atoms with Crippen molar-refractivity contribution in [1.82, 2.24) is 0 Å². The Bertz CT molecular complexity index is 3880. The molecule has 12 rings (SSSR count).